The van der Waals surface area contributed by atoms with E-state index in [0.29, 0.717) is 37.8 Å². The summed E-state index contributed by atoms with van der Waals surface area (Å²) in [6.07, 6.45) is 9.65. The third-order valence-corrected chi connectivity index (χ3v) is 4.91. The molecule has 1 aliphatic heterocycles. The minimum Gasteiger partial charge on any atom is -0.354 e. The van der Waals surface area contributed by atoms with Gasteiger partial charge in [0.05, 0.1) is 0 Å². The van der Waals surface area contributed by atoms with Crippen LogP contribution in [0.15, 0.2) is 0 Å². The molecule has 134 valence electrons. The molecule has 1 atom stereocenters. The van der Waals surface area contributed by atoms with Gasteiger partial charge < -0.3 is 16.0 Å². The maximum Gasteiger partial charge on any atom is 0.220 e. The van der Waals surface area contributed by atoms with Gasteiger partial charge in [-0.3, -0.25) is 9.59 Å². The molecular formula is C17H32ClN3O2. The van der Waals surface area contributed by atoms with Crippen molar-refractivity contribution >= 4 is 24.2 Å². The maximum absolute atomic E-state index is 11.8. The van der Waals surface area contributed by atoms with Crippen LogP contribution >= 0.6 is 12.4 Å². The molecule has 1 unspecified atom stereocenters. The SMILES string of the molecule is Cl.O=C(CCC1CCNC1)NCCNC(=O)CC1CCCCC1. The first-order chi connectivity index (χ1) is 10.7. The molecule has 1 aliphatic carbocycles. The highest BCUT2D eigenvalue weighted by Gasteiger charge is 2.17. The molecule has 5 nitrogen and oxygen atoms in total. The number of halogens is 1. The topological polar surface area (TPSA) is 70.2 Å². The van der Waals surface area contributed by atoms with Crippen molar-refractivity contribution in [1.82, 2.24) is 16.0 Å². The molecule has 1 saturated heterocycles. The number of amides is 2. The lowest BCUT2D eigenvalue weighted by molar-refractivity contribution is -0.123. The zero-order chi connectivity index (χ0) is 15.6. The Morgan fingerprint density at radius 1 is 0.913 bits per heavy atom. The fourth-order valence-electron chi connectivity index (χ4n) is 3.51. The van der Waals surface area contributed by atoms with Gasteiger partial charge in [0.25, 0.3) is 0 Å². The van der Waals surface area contributed by atoms with E-state index in [0.717, 1.165) is 19.5 Å². The van der Waals surface area contributed by atoms with Crippen LogP contribution in [0.3, 0.4) is 0 Å². The highest BCUT2D eigenvalue weighted by molar-refractivity contribution is 5.85. The minimum atomic E-state index is 0. The molecule has 3 N–H and O–H groups in total. The Hall–Kier alpha value is -0.810. The second-order valence-electron chi connectivity index (χ2n) is 6.81. The number of rotatable bonds is 8. The first-order valence-electron chi connectivity index (χ1n) is 8.98. The molecule has 1 heterocycles. The Labute approximate surface area is 146 Å². The van der Waals surface area contributed by atoms with Gasteiger partial charge >= 0.3 is 0 Å². The predicted molar refractivity (Wildman–Crippen MR) is 94.7 cm³/mol. The number of hydrogen-bond acceptors (Lipinski definition) is 3. The van der Waals surface area contributed by atoms with E-state index in [1.165, 1.54) is 38.5 Å². The Balaban J connectivity index is 0.00000264. The number of carbonyl (C=O) groups excluding carboxylic acids is 2. The number of carbonyl (C=O) groups is 2. The first kappa shape index (κ1) is 20.2. The summed E-state index contributed by atoms with van der Waals surface area (Å²) < 4.78 is 0. The van der Waals surface area contributed by atoms with E-state index in [1.807, 2.05) is 0 Å². The Kier molecular flexibility index (Phi) is 10.3. The molecule has 6 heteroatoms. The van der Waals surface area contributed by atoms with E-state index in [4.69, 9.17) is 0 Å². The average Bonchev–Trinajstić information content (AvgIpc) is 3.04. The normalized spacial score (nSPS) is 21.5. The van der Waals surface area contributed by atoms with Crippen LogP contribution in [0.1, 0.15) is 57.8 Å². The minimum absolute atomic E-state index is 0. The van der Waals surface area contributed by atoms with E-state index >= 15 is 0 Å². The Morgan fingerprint density at radius 2 is 1.61 bits per heavy atom. The molecule has 0 bridgehead atoms. The van der Waals surface area contributed by atoms with Crippen LogP contribution in [0.25, 0.3) is 0 Å². The van der Waals surface area contributed by atoms with E-state index in [-0.39, 0.29) is 24.2 Å². The molecular weight excluding hydrogens is 314 g/mol. The Morgan fingerprint density at radius 3 is 2.26 bits per heavy atom. The van der Waals surface area contributed by atoms with E-state index in [2.05, 4.69) is 16.0 Å². The fraction of sp³-hybridized carbons (Fsp3) is 0.882. The predicted octanol–water partition coefficient (Wildman–Crippen LogP) is 2.00. The molecule has 2 amide bonds. The van der Waals surface area contributed by atoms with Gasteiger partial charge in [0, 0.05) is 25.9 Å². The second-order valence-corrected chi connectivity index (χ2v) is 6.81. The largest absolute Gasteiger partial charge is 0.354 e. The van der Waals surface area contributed by atoms with Gasteiger partial charge in [-0.2, -0.15) is 0 Å². The molecule has 0 aromatic heterocycles. The van der Waals surface area contributed by atoms with Gasteiger partial charge in [-0.15, -0.1) is 12.4 Å². The lowest BCUT2D eigenvalue weighted by Gasteiger charge is -2.20. The summed E-state index contributed by atoms with van der Waals surface area (Å²) in [6.45, 7) is 3.21. The number of nitrogens with one attached hydrogen (secondary N) is 3. The molecule has 2 fully saturated rings. The summed E-state index contributed by atoms with van der Waals surface area (Å²) in [6, 6.07) is 0. The average molecular weight is 346 g/mol. The van der Waals surface area contributed by atoms with Gasteiger partial charge in [-0.1, -0.05) is 19.3 Å². The van der Waals surface area contributed by atoms with Crippen molar-refractivity contribution in [3.05, 3.63) is 0 Å². The van der Waals surface area contributed by atoms with Gasteiger partial charge in [0.15, 0.2) is 0 Å². The van der Waals surface area contributed by atoms with Crippen molar-refractivity contribution in [1.29, 1.82) is 0 Å². The van der Waals surface area contributed by atoms with E-state index in [1.54, 1.807) is 0 Å². The van der Waals surface area contributed by atoms with Gasteiger partial charge in [-0.25, -0.2) is 0 Å². The molecule has 0 aromatic rings. The van der Waals surface area contributed by atoms with Crippen molar-refractivity contribution in [2.45, 2.75) is 57.8 Å². The molecule has 0 radical (unpaired) electrons. The van der Waals surface area contributed by atoms with Crippen LogP contribution in [0.2, 0.25) is 0 Å². The zero-order valence-corrected chi connectivity index (χ0v) is 14.9. The summed E-state index contributed by atoms with van der Waals surface area (Å²) in [4.78, 5) is 23.5. The van der Waals surface area contributed by atoms with Gasteiger partial charge in [0.2, 0.25) is 11.8 Å². The molecule has 0 spiro atoms. The van der Waals surface area contributed by atoms with E-state index in [9.17, 15) is 9.59 Å². The molecule has 2 aliphatic rings. The lowest BCUT2D eigenvalue weighted by Crippen LogP contribution is -2.35. The lowest BCUT2D eigenvalue weighted by atomic mass is 9.87. The summed E-state index contributed by atoms with van der Waals surface area (Å²) >= 11 is 0. The zero-order valence-electron chi connectivity index (χ0n) is 14.1. The summed E-state index contributed by atoms with van der Waals surface area (Å²) in [5.41, 5.74) is 0. The van der Waals surface area contributed by atoms with Crippen LogP contribution in [0.4, 0.5) is 0 Å². The maximum atomic E-state index is 11.8. The Bertz CT molecular complexity index is 354. The van der Waals surface area contributed by atoms with Crippen LogP contribution < -0.4 is 16.0 Å². The van der Waals surface area contributed by atoms with Crippen LogP contribution in [0.5, 0.6) is 0 Å². The monoisotopic (exact) mass is 345 g/mol. The van der Waals surface area contributed by atoms with Crippen molar-refractivity contribution in [2.24, 2.45) is 11.8 Å². The van der Waals surface area contributed by atoms with Crippen molar-refractivity contribution in [3.63, 3.8) is 0 Å². The fourth-order valence-corrected chi connectivity index (χ4v) is 3.51. The van der Waals surface area contributed by atoms with Crippen molar-refractivity contribution in [2.75, 3.05) is 26.2 Å². The summed E-state index contributed by atoms with van der Waals surface area (Å²) in [7, 11) is 0. The van der Waals surface area contributed by atoms with E-state index < -0.39 is 0 Å². The quantitative estimate of drug-likeness (QED) is 0.589. The third kappa shape index (κ3) is 8.56. The number of hydrogen-bond donors (Lipinski definition) is 3. The second kappa shape index (κ2) is 11.7. The smallest absolute Gasteiger partial charge is 0.220 e. The van der Waals surface area contributed by atoms with Gasteiger partial charge in [-0.05, 0) is 50.6 Å². The first-order valence-corrected chi connectivity index (χ1v) is 8.98. The highest BCUT2D eigenvalue weighted by Crippen LogP contribution is 2.25. The van der Waals surface area contributed by atoms with Crippen LogP contribution in [-0.2, 0) is 9.59 Å². The van der Waals surface area contributed by atoms with Crippen LogP contribution in [-0.4, -0.2) is 38.0 Å². The van der Waals surface area contributed by atoms with Gasteiger partial charge in [0.1, 0.15) is 0 Å². The van der Waals surface area contributed by atoms with Crippen molar-refractivity contribution in [3.8, 4) is 0 Å². The molecule has 2 rings (SSSR count). The standard InChI is InChI=1S/C17H31N3O2.ClH/c21-16(7-6-15-8-9-18-13-15)19-10-11-20-17(22)12-14-4-2-1-3-5-14;/h14-15,18H,1-13H2,(H,19,21)(H,20,22);1H. The summed E-state index contributed by atoms with van der Waals surface area (Å²) in [5, 5.41) is 9.13. The van der Waals surface area contributed by atoms with Crippen LogP contribution in [0, 0.1) is 11.8 Å². The molecule has 23 heavy (non-hydrogen) atoms. The highest BCUT2D eigenvalue weighted by atomic mass is 35.5. The third-order valence-electron chi connectivity index (χ3n) is 4.91. The summed E-state index contributed by atoms with van der Waals surface area (Å²) in [5.74, 6) is 1.47. The molecule has 0 aromatic carbocycles. The molecule has 1 saturated carbocycles. The van der Waals surface area contributed by atoms with Crippen molar-refractivity contribution < 1.29 is 9.59 Å².